The monoisotopic (exact) mass is 233 g/mol. The lowest BCUT2D eigenvalue weighted by Crippen LogP contribution is -1.89. The molecule has 1 nitrogen and oxygen atoms in total. The van der Waals surface area contributed by atoms with E-state index < -0.39 is 0 Å². The van der Waals surface area contributed by atoms with Crippen molar-refractivity contribution in [2.45, 2.75) is 12.8 Å². The number of alkyl halides is 1. The number of hydrogen-bond donors (Lipinski definition) is 0. The average Bonchev–Trinajstić information content (AvgIpc) is 2.01. The fraction of sp³-hybridized carbons (Fsp3) is 0.375. The van der Waals surface area contributed by atoms with Gasteiger partial charge < -0.3 is 0 Å². The molecule has 1 aromatic heterocycles. The highest BCUT2D eigenvalue weighted by Gasteiger charge is 1.93. The summed E-state index contributed by atoms with van der Waals surface area (Å²) in [6, 6.07) is 5.71. The summed E-state index contributed by atoms with van der Waals surface area (Å²) in [5.41, 5.74) is 1.07. The van der Waals surface area contributed by atoms with Crippen LogP contribution in [0.5, 0.6) is 0 Å². The molecule has 1 aromatic rings. The maximum Gasteiger partial charge on any atom is 0.129 e. The number of nitrogens with zero attached hydrogens (tertiary/aromatic N) is 1. The van der Waals surface area contributed by atoms with E-state index in [0.29, 0.717) is 5.15 Å². The molecule has 0 amide bonds. The van der Waals surface area contributed by atoms with Gasteiger partial charge in [-0.3, -0.25) is 0 Å². The Morgan fingerprint density at radius 3 is 2.91 bits per heavy atom. The van der Waals surface area contributed by atoms with E-state index in [-0.39, 0.29) is 0 Å². The molecule has 60 valence electrons. The first-order valence-corrected chi connectivity index (χ1v) is 5.00. The lowest BCUT2D eigenvalue weighted by Gasteiger charge is -1.97. The van der Waals surface area contributed by atoms with Gasteiger partial charge in [0.25, 0.3) is 0 Å². The topological polar surface area (TPSA) is 12.9 Å². The van der Waals surface area contributed by atoms with Crippen molar-refractivity contribution in [3.63, 3.8) is 0 Å². The van der Waals surface area contributed by atoms with E-state index in [9.17, 15) is 0 Å². The van der Waals surface area contributed by atoms with E-state index >= 15 is 0 Å². The van der Waals surface area contributed by atoms with Crippen LogP contribution in [-0.4, -0.2) is 10.3 Å². The molecule has 1 heterocycles. The molecule has 0 saturated carbocycles. The molecular formula is C8H9BrClN. The standard InChI is InChI=1S/C8H9BrClN/c9-6-2-4-7-3-1-5-8(10)11-7/h1,3,5H,2,4,6H2. The largest absolute Gasteiger partial charge is 0.241 e. The Morgan fingerprint density at radius 1 is 1.45 bits per heavy atom. The Bertz CT molecular complexity index is 227. The molecule has 0 N–H and O–H groups in total. The van der Waals surface area contributed by atoms with Crippen molar-refractivity contribution in [3.8, 4) is 0 Å². The van der Waals surface area contributed by atoms with Gasteiger partial charge in [-0.2, -0.15) is 0 Å². The number of rotatable bonds is 3. The summed E-state index contributed by atoms with van der Waals surface area (Å²) in [5.74, 6) is 0. The van der Waals surface area contributed by atoms with Gasteiger partial charge in [-0.05, 0) is 25.0 Å². The Morgan fingerprint density at radius 2 is 2.27 bits per heavy atom. The number of pyridine rings is 1. The minimum atomic E-state index is 0.581. The Labute approximate surface area is 79.9 Å². The Kier molecular flexibility index (Phi) is 3.87. The van der Waals surface area contributed by atoms with E-state index in [0.717, 1.165) is 23.9 Å². The van der Waals surface area contributed by atoms with Crippen LogP contribution in [0.15, 0.2) is 18.2 Å². The molecule has 0 aliphatic heterocycles. The quantitative estimate of drug-likeness (QED) is 0.579. The van der Waals surface area contributed by atoms with Crippen LogP contribution in [-0.2, 0) is 6.42 Å². The fourth-order valence-electron chi connectivity index (χ4n) is 0.837. The molecule has 0 unspecified atom stereocenters. The van der Waals surface area contributed by atoms with Crippen LogP contribution < -0.4 is 0 Å². The van der Waals surface area contributed by atoms with Crippen molar-refractivity contribution < 1.29 is 0 Å². The normalized spacial score (nSPS) is 10.0. The molecule has 0 aliphatic rings. The van der Waals surface area contributed by atoms with E-state index in [2.05, 4.69) is 20.9 Å². The molecule has 3 heteroatoms. The fourth-order valence-corrected chi connectivity index (χ4v) is 1.30. The summed E-state index contributed by atoms with van der Waals surface area (Å²) in [7, 11) is 0. The average molecular weight is 235 g/mol. The van der Waals surface area contributed by atoms with Crippen molar-refractivity contribution in [1.29, 1.82) is 0 Å². The van der Waals surface area contributed by atoms with Crippen molar-refractivity contribution in [1.82, 2.24) is 4.98 Å². The lowest BCUT2D eigenvalue weighted by atomic mass is 10.2. The zero-order chi connectivity index (χ0) is 8.10. The number of halogens is 2. The second-order valence-corrected chi connectivity index (χ2v) is 3.42. The first-order valence-electron chi connectivity index (χ1n) is 3.50. The second-order valence-electron chi connectivity index (χ2n) is 2.24. The van der Waals surface area contributed by atoms with Gasteiger partial charge in [0, 0.05) is 11.0 Å². The maximum atomic E-state index is 5.70. The molecule has 0 fully saturated rings. The van der Waals surface area contributed by atoms with Gasteiger partial charge in [0.05, 0.1) is 0 Å². The SMILES string of the molecule is Clc1cccc(CCCBr)n1. The summed E-state index contributed by atoms with van der Waals surface area (Å²) in [6.07, 6.45) is 2.10. The molecule has 0 spiro atoms. The summed E-state index contributed by atoms with van der Waals surface area (Å²) in [4.78, 5) is 4.16. The van der Waals surface area contributed by atoms with E-state index in [4.69, 9.17) is 11.6 Å². The minimum absolute atomic E-state index is 0.581. The number of hydrogen-bond acceptors (Lipinski definition) is 1. The Balaban J connectivity index is 2.56. The molecule has 0 bridgehead atoms. The van der Waals surface area contributed by atoms with Crippen LogP contribution in [0.2, 0.25) is 5.15 Å². The van der Waals surface area contributed by atoms with Crippen LogP contribution in [0.1, 0.15) is 12.1 Å². The molecular weight excluding hydrogens is 225 g/mol. The number of aryl methyl sites for hydroxylation is 1. The highest BCUT2D eigenvalue weighted by atomic mass is 79.9. The zero-order valence-corrected chi connectivity index (χ0v) is 8.40. The predicted molar refractivity (Wildman–Crippen MR) is 51.4 cm³/mol. The summed E-state index contributed by atoms with van der Waals surface area (Å²) in [6.45, 7) is 0. The first kappa shape index (κ1) is 9.01. The highest BCUT2D eigenvalue weighted by molar-refractivity contribution is 9.09. The van der Waals surface area contributed by atoms with E-state index in [1.165, 1.54) is 0 Å². The van der Waals surface area contributed by atoms with Crippen molar-refractivity contribution in [2.75, 3.05) is 5.33 Å². The molecule has 11 heavy (non-hydrogen) atoms. The first-order chi connectivity index (χ1) is 5.33. The van der Waals surface area contributed by atoms with Crippen LogP contribution in [0.3, 0.4) is 0 Å². The minimum Gasteiger partial charge on any atom is -0.241 e. The molecule has 0 atom stereocenters. The lowest BCUT2D eigenvalue weighted by molar-refractivity contribution is 0.897. The van der Waals surface area contributed by atoms with Gasteiger partial charge >= 0.3 is 0 Å². The zero-order valence-electron chi connectivity index (χ0n) is 6.06. The van der Waals surface area contributed by atoms with Gasteiger partial charge in [-0.25, -0.2) is 4.98 Å². The third-order valence-corrected chi connectivity index (χ3v) is 2.11. The van der Waals surface area contributed by atoms with Crippen LogP contribution in [0, 0.1) is 0 Å². The van der Waals surface area contributed by atoms with Gasteiger partial charge in [0.15, 0.2) is 0 Å². The maximum absolute atomic E-state index is 5.70. The Hall–Kier alpha value is -0.0800. The van der Waals surface area contributed by atoms with Crippen LogP contribution in [0.4, 0.5) is 0 Å². The summed E-state index contributed by atoms with van der Waals surface area (Å²) >= 11 is 9.07. The van der Waals surface area contributed by atoms with Gasteiger partial charge in [-0.15, -0.1) is 0 Å². The van der Waals surface area contributed by atoms with Crippen LogP contribution >= 0.6 is 27.5 Å². The van der Waals surface area contributed by atoms with Gasteiger partial charge in [0.2, 0.25) is 0 Å². The van der Waals surface area contributed by atoms with E-state index in [1.54, 1.807) is 6.07 Å². The van der Waals surface area contributed by atoms with Crippen LogP contribution in [0.25, 0.3) is 0 Å². The molecule has 1 rings (SSSR count). The third-order valence-electron chi connectivity index (χ3n) is 1.34. The third kappa shape index (κ3) is 3.21. The van der Waals surface area contributed by atoms with Crippen molar-refractivity contribution in [2.24, 2.45) is 0 Å². The van der Waals surface area contributed by atoms with E-state index in [1.807, 2.05) is 12.1 Å². The van der Waals surface area contributed by atoms with Crippen molar-refractivity contribution >= 4 is 27.5 Å². The molecule has 0 radical (unpaired) electrons. The van der Waals surface area contributed by atoms with Crippen molar-refractivity contribution in [3.05, 3.63) is 29.0 Å². The highest BCUT2D eigenvalue weighted by Crippen LogP contribution is 2.07. The summed E-state index contributed by atoms with van der Waals surface area (Å²) in [5, 5.41) is 1.60. The molecule has 0 aromatic carbocycles. The smallest absolute Gasteiger partial charge is 0.129 e. The number of aromatic nitrogens is 1. The predicted octanol–water partition coefficient (Wildman–Crippen LogP) is 3.06. The van der Waals surface area contributed by atoms with Gasteiger partial charge in [-0.1, -0.05) is 33.6 Å². The molecule has 0 aliphatic carbocycles. The second kappa shape index (κ2) is 4.73. The summed E-state index contributed by atoms with van der Waals surface area (Å²) < 4.78 is 0. The molecule has 0 saturated heterocycles. The van der Waals surface area contributed by atoms with Gasteiger partial charge in [0.1, 0.15) is 5.15 Å².